The zero-order valence-electron chi connectivity index (χ0n) is 19.0. The van der Waals surface area contributed by atoms with E-state index in [4.69, 9.17) is 5.73 Å². The Hall–Kier alpha value is -3.01. The number of aromatic amines is 1. The van der Waals surface area contributed by atoms with Crippen molar-refractivity contribution in [2.24, 2.45) is 5.92 Å². The van der Waals surface area contributed by atoms with Gasteiger partial charge in [0.1, 0.15) is 11.9 Å². The van der Waals surface area contributed by atoms with E-state index in [9.17, 15) is 19.2 Å². The fraction of sp³-hybridized carbons (Fsp3) is 0.478. The fourth-order valence-corrected chi connectivity index (χ4v) is 6.02. The minimum absolute atomic E-state index is 0.0250. The standard InChI is InChI=1S/C23H29N5O4S/c1-14(2)11-26(21(31)16-13-33-23(3)10-9-17(29)28(16)23)18-19(24)27(22(32)25-20(18)30)12-15-7-5-4-6-8-15/h4-8,14,16H,9-13,24H2,1-3H3,(H,25,30,32)/t16-,23+/m0/s1. The molecule has 33 heavy (non-hydrogen) atoms. The van der Waals surface area contributed by atoms with Gasteiger partial charge in [0, 0.05) is 18.7 Å². The summed E-state index contributed by atoms with van der Waals surface area (Å²) >= 11 is 1.59. The number of hydrogen-bond donors (Lipinski definition) is 2. The first-order valence-electron chi connectivity index (χ1n) is 11.1. The lowest BCUT2D eigenvalue weighted by Gasteiger charge is -2.34. The highest BCUT2D eigenvalue weighted by atomic mass is 32.2. The minimum atomic E-state index is -0.711. The van der Waals surface area contributed by atoms with Crippen LogP contribution in [0.5, 0.6) is 0 Å². The van der Waals surface area contributed by atoms with E-state index in [2.05, 4.69) is 4.98 Å². The lowest BCUT2D eigenvalue weighted by Crippen LogP contribution is -2.53. The Labute approximate surface area is 195 Å². The Morgan fingerprint density at radius 2 is 1.97 bits per heavy atom. The SMILES string of the molecule is CC(C)CN(C(=O)[C@@H]1CS[C@]2(C)CCC(=O)N12)c1c(N)n(Cc2ccccc2)c(=O)[nH]c1=O. The summed E-state index contributed by atoms with van der Waals surface area (Å²) in [7, 11) is 0. The third-order valence-corrected chi connectivity index (χ3v) is 7.72. The van der Waals surface area contributed by atoms with Crippen molar-refractivity contribution in [2.75, 3.05) is 22.9 Å². The molecule has 0 radical (unpaired) electrons. The Morgan fingerprint density at radius 1 is 1.27 bits per heavy atom. The number of carbonyl (C=O) groups excluding carboxylic acids is 2. The van der Waals surface area contributed by atoms with Crippen molar-refractivity contribution >= 4 is 35.1 Å². The number of fused-ring (bicyclic) bond motifs is 1. The molecule has 2 aliphatic rings. The summed E-state index contributed by atoms with van der Waals surface area (Å²) < 4.78 is 1.27. The van der Waals surface area contributed by atoms with Crippen LogP contribution in [0.25, 0.3) is 0 Å². The maximum absolute atomic E-state index is 13.8. The molecule has 0 spiro atoms. The molecule has 2 aliphatic heterocycles. The van der Waals surface area contributed by atoms with E-state index in [1.807, 2.05) is 51.1 Å². The van der Waals surface area contributed by atoms with Gasteiger partial charge >= 0.3 is 5.69 Å². The number of nitrogens with zero attached hydrogens (tertiary/aromatic N) is 3. The normalized spacial score (nSPS) is 22.1. The monoisotopic (exact) mass is 471 g/mol. The number of hydrogen-bond acceptors (Lipinski definition) is 6. The van der Waals surface area contributed by atoms with Gasteiger partial charge in [-0.25, -0.2) is 4.79 Å². The third-order valence-electron chi connectivity index (χ3n) is 6.21. The second-order valence-electron chi connectivity index (χ2n) is 9.17. The molecular formula is C23H29N5O4S. The van der Waals surface area contributed by atoms with Crippen LogP contribution in [0.15, 0.2) is 39.9 Å². The molecule has 0 aliphatic carbocycles. The zero-order valence-corrected chi connectivity index (χ0v) is 19.9. The van der Waals surface area contributed by atoms with Crippen molar-refractivity contribution in [1.82, 2.24) is 14.5 Å². The van der Waals surface area contributed by atoms with Gasteiger partial charge in [-0.05, 0) is 24.8 Å². The molecular weight excluding hydrogens is 442 g/mol. The van der Waals surface area contributed by atoms with E-state index in [0.29, 0.717) is 18.6 Å². The maximum Gasteiger partial charge on any atom is 0.330 e. The molecule has 1 aromatic carbocycles. The van der Waals surface area contributed by atoms with Crippen LogP contribution in [0.2, 0.25) is 0 Å². The smallest absolute Gasteiger partial charge is 0.330 e. The van der Waals surface area contributed by atoms with Gasteiger partial charge < -0.3 is 15.5 Å². The average Bonchev–Trinajstić information content (AvgIpc) is 3.26. The zero-order chi connectivity index (χ0) is 23.9. The molecule has 0 unspecified atom stereocenters. The second-order valence-corrected chi connectivity index (χ2v) is 10.7. The van der Waals surface area contributed by atoms with Crippen LogP contribution in [0.1, 0.15) is 39.2 Å². The Balaban J connectivity index is 1.77. The number of thioether (sulfide) groups is 1. The predicted octanol–water partition coefficient (Wildman–Crippen LogP) is 1.61. The molecule has 176 valence electrons. The van der Waals surface area contributed by atoms with Gasteiger partial charge in [0.2, 0.25) is 5.91 Å². The van der Waals surface area contributed by atoms with Crippen LogP contribution in [0, 0.1) is 5.92 Å². The molecule has 3 N–H and O–H groups in total. The molecule has 2 atom stereocenters. The Kier molecular flexibility index (Phi) is 6.13. The average molecular weight is 472 g/mol. The summed E-state index contributed by atoms with van der Waals surface area (Å²) in [5.74, 6) is 0.00947. The van der Waals surface area contributed by atoms with Gasteiger partial charge in [0.25, 0.3) is 11.5 Å². The lowest BCUT2D eigenvalue weighted by molar-refractivity contribution is -0.136. The van der Waals surface area contributed by atoms with E-state index >= 15 is 0 Å². The summed E-state index contributed by atoms with van der Waals surface area (Å²) in [5, 5.41) is 0. The van der Waals surface area contributed by atoms with Gasteiger partial charge in [-0.15, -0.1) is 11.8 Å². The molecule has 1 aromatic heterocycles. The summed E-state index contributed by atoms with van der Waals surface area (Å²) in [4.78, 5) is 56.9. The van der Waals surface area contributed by atoms with E-state index < -0.39 is 22.2 Å². The number of nitrogens with one attached hydrogen (secondary N) is 1. The van der Waals surface area contributed by atoms with Crippen molar-refractivity contribution in [3.63, 3.8) is 0 Å². The van der Waals surface area contributed by atoms with E-state index in [1.165, 1.54) is 9.47 Å². The second kappa shape index (κ2) is 8.74. The first-order chi connectivity index (χ1) is 15.6. The number of carbonyl (C=O) groups is 2. The van der Waals surface area contributed by atoms with Crippen molar-refractivity contribution in [1.29, 1.82) is 0 Å². The van der Waals surface area contributed by atoms with Crippen LogP contribution in [-0.4, -0.2) is 49.5 Å². The summed E-state index contributed by atoms with van der Waals surface area (Å²) in [6.07, 6.45) is 1.09. The van der Waals surface area contributed by atoms with Crippen molar-refractivity contribution in [3.05, 3.63) is 56.7 Å². The van der Waals surface area contributed by atoms with Crippen LogP contribution in [-0.2, 0) is 16.1 Å². The van der Waals surface area contributed by atoms with Crippen LogP contribution in [0.4, 0.5) is 11.5 Å². The molecule has 2 aromatic rings. The molecule has 2 amide bonds. The molecule has 2 saturated heterocycles. The largest absolute Gasteiger partial charge is 0.383 e. The first-order valence-corrected chi connectivity index (χ1v) is 12.0. The van der Waals surface area contributed by atoms with E-state index in [-0.39, 0.29) is 42.3 Å². The molecule has 0 saturated carbocycles. The molecule has 4 rings (SSSR count). The number of aromatic nitrogens is 2. The minimum Gasteiger partial charge on any atom is -0.383 e. The number of nitrogen functional groups attached to an aromatic ring is 1. The van der Waals surface area contributed by atoms with Crippen molar-refractivity contribution in [2.45, 2.75) is 51.1 Å². The van der Waals surface area contributed by atoms with Gasteiger partial charge in [-0.3, -0.25) is 23.9 Å². The quantitative estimate of drug-likeness (QED) is 0.660. The Morgan fingerprint density at radius 3 is 2.64 bits per heavy atom. The Bertz CT molecular complexity index is 1190. The molecule has 3 heterocycles. The highest BCUT2D eigenvalue weighted by Gasteiger charge is 2.54. The predicted molar refractivity (Wildman–Crippen MR) is 129 cm³/mol. The van der Waals surface area contributed by atoms with Crippen LogP contribution in [0.3, 0.4) is 0 Å². The van der Waals surface area contributed by atoms with Gasteiger partial charge in [0.15, 0.2) is 5.69 Å². The van der Waals surface area contributed by atoms with Crippen LogP contribution >= 0.6 is 11.8 Å². The van der Waals surface area contributed by atoms with E-state index in [0.717, 1.165) is 5.56 Å². The number of benzene rings is 1. The number of anilines is 2. The molecule has 10 heteroatoms. The topological polar surface area (TPSA) is 121 Å². The molecule has 0 bridgehead atoms. The number of H-pyrrole nitrogens is 1. The third kappa shape index (κ3) is 4.19. The van der Waals surface area contributed by atoms with E-state index in [1.54, 1.807) is 16.7 Å². The highest BCUT2D eigenvalue weighted by molar-refractivity contribution is 8.01. The number of rotatable bonds is 6. The maximum atomic E-state index is 13.8. The van der Waals surface area contributed by atoms with Gasteiger partial charge in [-0.1, -0.05) is 44.2 Å². The number of amides is 2. The summed E-state index contributed by atoms with van der Waals surface area (Å²) in [5.41, 5.74) is 5.80. The van der Waals surface area contributed by atoms with Crippen LogP contribution < -0.4 is 21.9 Å². The molecule has 2 fully saturated rings. The lowest BCUT2D eigenvalue weighted by atomic mass is 10.1. The number of nitrogens with two attached hydrogens (primary N) is 1. The molecule has 9 nitrogen and oxygen atoms in total. The van der Waals surface area contributed by atoms with Crippen molar-refractivity contribution < 1.29 is 9.59 Å². The van der Waals surface area contributed by atoms with Crippen molar-refractivity contribution in [3.8, 4) is 0 Å². The summed E-state index contributed by atoms with van der Waals surface area (Å²) in [6, 6.07) is 8.58. The highest BCUT2D eigenvalue weighted by Crippen LogP contribution is 2.47. The van der Waals surface area contributed by atoms with Gasteiger partial charge in [-0.2, -0.15) is 0 Å². The summed E-state index contributed by atoms with van der Waals surface area (Å²) in [6.45, 7) is 6.22. The van der Waals surface area contributed by atoms with Gasteiger partial charge in [0.05, 0.1) is 11.4 Å². The fourth-order valence-electron chi connectivity index (χ4n) is 4.60. The first kappa shape index (κ1) is 23.2.